The van der Waals surface area contributed by atoms with E-state index in [0.717, 1.165) is 11.4 Å². The molecule has 2 amide bonds. The third-order valence-corrected chi connectivity index (χ3v) is 7.18. The van der Waals surface area contributed by atoms with Gasteiger partial charge in [0.2, 0.25) is 0 Å². The molecule has 0 saturated carbocycles. The van der Waals surface area contributed by atoms with E-state index in [-0.39, 0.29) is 18.8 Å². The molecule has 2 heterocycles. The molecule has 0 spiro atoms. The average molecular weight is 608 g/mol. The number of nitrogens with zero attached hydrogens (tertiary/aromatic N) is 4. The summed E-state index contributed by atoms with van der Waals surface area (Å²) in [5.74, 6) is -3.91. The largest absolute Gasteiger partial charge is 0.481 e. The smallest absolute Gasteiger partial charge is 0.326 e. The maximum Gasteiger partial charge on any atom is 0.326 e. The summed E-state index contributed by atoms with van der Waals surface area (Å²) in [6, 6.07) is 3.70. The van der Waals surface area contributed by atoms with Gasteiger partial charge in [-0.25, -0.2) is 19.1 Å². The van der Waals surface area contributed by atoms with E-state index in [1.165, 1.54) is 0 Å². The molecule has 1 aliphatic heterocycles. The number of benzene rings is 1. The van der Waals surface area contributed by atoms with Crippen LogP contribution in [0, 0.1) is 5.92 Å². The van der Waals surface area contributed by atoms with Gasteiger partial charge in [0.25, 0.3) is 0 Å². The number of thiocarbonyl (C=S) groups is 1. The number of aryl methyl sites for hydroxylation is 1. The number of rotatable bonds is 14. The van der Waals surface area contributed by atoms with Crippen molar-refractivity contribution in [3.05, 3.63) is 36.2 Å². The molecule has 1 fully saturated rings. The predicted octanol–water partition coefficient (Wildman–Crippen LogP) is 2.04. The van der Waals surface area contributed by atoms with Crippen molar-refractivity contribution in [1.82, 2.24) is 30.5 Å². The molecule has 0 aliphatic carbocycles. The fourth-order valence-electron chi connectivity index (χ4n) is 4.50. The van der Waals surface area contributed by atoms with Crippen molar-refractivity contribution < 1.29 is 38.9 Å². The first-order valence-electron chi connectivity index (χ1n) is 13.4. The number of alkyl halides is 1. The monoisotopic (exact) mass is 607 g/mol. The molecule has 1 aromatic carbocycles. The zero-order valence-corrected chi connectivity index (χ0v) is 23.6. The molecule has 16 heteroatoms. The lowest BCUT2D eigenvalue weighted by Gasteiger charge is -2.34. The number of halogens is 1. The van der Waals surface area contributed by atoms with Gasteiger partial charge in [-0.1, -0.05) is 5.21 Å². The van der Waals surface area contributed by atoms with E-state index < -0.39 is 49.1 Å². The molecule has 2 atom stereocenters. The fraction of sp³-hybridized carbons (Fsp3) is 0.500. The van der Waals surface area contributed by atoms with Crippen LogP contribution in [-0.2, 0) is 20.8 Å². The van der Waals surface area contributed by atoms with Crippen LogP contribution >= 0.6 is 12.2 Å². The van der Waals surface area contributed by atoms with Gasteiger partial charge in [-0.15, -0.1) is 5.10 Å². The van der Waals surface area contributed by atoms with E-state index in [2.05, 4.69) is 26.3 Å². The Morgan fingerprint density at radius 3 is 2.26 bits per heavy atom. The van der Waals surface area contributed by atoms with Crippen molar-refractivity contribution in [1.29, 1.82) is 0 Å². The zero-order valence-electron chi connectivity index (χ0n) is 22.7. The van der Waals surface area contributed by atoms with Crippen molar-refractivity contribution in [3.63, 3.8) is 0 Å². The second-order valence-corrected chi connectivity index (χ2v) is 10.3. The standard InChI is InChI=1S/C26H34FN7O7S/c27-11-1-2-18-15-34(32-31-18)19-5-3-17(4-6-19)28-26(42)33-12-9-16(10-13-33)14-21(24(39)40)30-25(41)29-20(23(37)38)7-8-22(35)36/h3-6,15-16,20-21H,1-2,7-14H2,(H,28,42)(H,35,36)(H,37,38)(H,39,40)(H2,29,30,41)/t20?,21-/m0/s1. The summed E-state index contributed by atoms with van der Waals surface area (Å²) in [6.07, 6.45) is 3.28. The molecule has 2 aromatic rings. The zero-order chi connectivity index (χ0) is 30.6. The summed E-state index contributed by atoms with van der Waals surface area (Å²) in [5, 5.41) is 43.8. The Balaban J connectivity index is 1.46. The number of carboxylic acids is 3. The van der Waals surface area contributed by atoms with Gasteiger partial charge in [-0.2, -0.15) is 0 Å². The number of urea groups is 1. The van der Waals surface area contributed by atoms with E-state index in [0.29, 0.717) is 49.6 Å². The highest BCUT2D eigenvalue weighted by atomic mass is 32.1. The molecular formula is C26H34FN7O7S. The lowest BCUT2D eigenvalue weighted by atomic mass is 9.90. The molecule has 228 valence electrons. The molecular weight excluding hydrogens is 573 g/mol. The minimum atomic E-state index is -1.46. The SMILES string of the molecule is O=C(O)CCC(NC(=O)N[C@@H](CC1CCN(C(=S)Nc2ccc(-n3cc(CCCF)nn3)cc2)CC1)C(=O)O)C(=O)O. The van der Waals surface area contributed by atoms with E-state index in [4.69, 9.17) is 17.3 Å². The molecule has 0 radical (unpaired) electrons. The molecule has 1 aliphatic rings. The number of hydrogen-bond acceptors (Lipinski definition) is 7. The maximum absolute atomic E-state index is 12.4. The van der Waals surface area contributed by atoms with Crippen molar-refractivity contribution in [3.8, 4) is 5.69 Å². The van der Waals surface area contributed by atoms with Crippen molar-refractivity contribution >= 4 is 47.0 Å². The number of nitrogens with one attached hydrogen (secondary N) is 3. The number of amides is 2. The molecule has 14 nitrogen and oxygen atoms in total. The Labute approximate surface area is 246 Å². The Hall–Kier alpha value is -4.34. The highest BCUT2D eigenvalue weighted by Crippen LogP contribution is 2.23. The Kier molecular flexibility index (Phi) is 12.0. The number of aromatic nitrogens is 3. The van der Waals surface area contributed by atoms with Gasteiger partial charge in [0.1, 0.15) is 12.1 Å². The van der Waals surface area contributed by atoms with E-state index in [1.807, 2.05) is 29.2 Å². The molecule has 6 N–H and O–H groups in total. The van der Waals surface area contributed by atoms with Crippen molar-refractivity contribution in [2.75, 3.05) is 25.1 Å². The van der Waals surface area contributed by atoms with Crippen LogP contribution in [0.15, 0.2) is 30.5 Å². The van der Waals surface area contributed by atoms with Crippen LogP contribution < -0.4 is 16.0 Å². The van der Waals surface area contributed by atoms with Crippen LogP contribution in [0.3, 0.4) is 0 Å². The lowest BCUT2D eigenvalue weighted by molar-refractivity contribution is -0.141. The van der Waals surface area contributed by atoms with Crippen LogP contribution in [0.25, 0.3) is 5.69 Å². The van der Waals surface area contributed by atoms with Crippen LogP contribution in [0.1, 0.15) is 44.2 Å². The maximum atomic E-state index is 12.4. The summed E-state index contributed by atoms with van der Waals surface area (Å²) >= 11 is 5.56. The highest BCUT2D eigenvalue weighted by Gasteiger charge is 2.29. The van der Waals surface area contributed by atoms with Gasteiger partial charge in [-0.05, 0) is 80.9 Å². The summed E-state index contributed by atoms with van der Waals surface area (Å²) in [6.45, 7) is 0.743. The summed E-state index contributed by atoms with van der Waals surface area (Å²) in [7, 11) is 0. The average Bonchev–Trinajstić information content (AvgIpc) is 3.43. The Bertz CT molecular complexity index is 1250. The second kappa shape index (κ2) is 15.6. The van der Waals surface area contributed by atoms with Crippen molar-refractivity contribution in [2.45, 2.75) is 57.0 Å². The van der Waals surface area contributed by atoms with Crippen molar-refractivity contribution in [2.24, 2.45) is 5.92 Å². The molecule has 1 aromatic heterocycles. The number of carbonyl (C=O) groups excluding carboxylic acids is 1. The third kappa shape index (κ3) is 9.94. The van der Waals surface area contributed by atoms with Crippen LogP contribution in [-0.4, -0.2) is 96.1 Å². The Morgan fingerprint density at radius 1 is 1.02 bits per heavy atom. The number of hydrogen-bond donors (Lipinski definition) is 6. The van der Waals surface area contributed by atoms with E-state index in [1.54, 1.807) is 10.9 Å². The van der Waals surface area contributed by atoms with Gasteiger partial charge < -0.3 is 36.2 Å². The van der Waals surface area contributed by atoms with E-state index in [9.17, 15) is 33.8 Å². The first kappa shape index (κ1) is 32.2. The van der Waals surface area contributed by atoms with Crippen LogP contribution in [0.2, 0.25) is 0 Å². The minimum Gasteiger partial charge on any atom is -0.481 e. The number of aliphatic carboxylic acids is 3. The summed E-state index contributed by atoms with van der Waals surface area (Å²) in [4.78, 5) is 48.0. The molecule has 1 saturated heterocycles. The minimum absolute atomic E-state index is 0.0236. The highest BCUT2D eigenvalue weighted by molar-refractivity contribution is 7.80. The fourth-order valence-corrected chi connectivity index (χ4v) is 4.80. The lowest BCUT2D eigenvalue weighted by Crippen LogP contribution is -2.52. The number of carboxylic acid groups (broad SMARTS) is 3. The van der Waals surface area contributed by atoms with Crippen LogP contribution in [0.4, 0.5) is 14.9 Å². The van der Waals surface area contributed by atoms with Gasteiger partial charge >= 0.3 is 23.9 Å². The number of likely N-dealkylation sites (tertiary alicyclic amines) is 1. The molecule has 0 bridgehead atoms. The summed E-state index contributed by atoms with van der Waals surface area (Å²) < 4.78 is 14.0. The predicted molar refractivity (Wildman–Crippen MR) is 152 cm³/mol. The molecule has 1 unspecified atom stereocenters. The van der Waals surface area contributed by atoms with Crippen LogP contribution in [0.5, 0.6) is 0 Å². The van der Waals surface area contributed by atoms with Gasteiger partial charge in [0, 0.05) is 25.2 Å². The Morgan fingerprint density at radius 2 is 1.67 bits per heavy atom. The first-order chi connectivity index (χ1) is 20.0. The first-order valence-corrected chi connectivity index (χ1v) is 13.8. The summed E-state index contributed by atoms with van der Waals surface area (Å²) in [5.41, 5.74) is 2.28. The molecule has 3 rings (SSSR count). The second-order valence-electron chi connectivity index (χ2n) is 9.92. The van der Waals surface area contributed by atoms with E-state index >= 15 is 0 Å². The number of anilines is 1. The van der Waals surface area contributed by atoms with Gasteiger partial charge in [-0.3, -0.25) is 9.18 Å². The molecule has 42 heavy (non-hydrogen) atoms. The number of carbonyl (C=O) groups is 4. The topological polar surface area (TPSA) is 199 Å². The van der Waals surface area contributed by atoms with Gasteiger partial charge in [0.15, 0.2) is 5.11 Å². The van der Waals surface area contributed by atoms with Gasteiger partial charge in [0.05, 0.1) is 24.3 Å². The quantitative estimate of drug-likeness (QED) is 0.171. The third-order valence-electron chi connectivity index (χ3n) is 6.81. The normalized spacial score (nSPS) is 14.9. The number of piperidine rings is 1.